The van der Waals surface area contributed by atoms with Gasteiger partial charge in [0.2, 0.25) is 0 Å². The van der Waals surface area contributed by atoms with Gasteiger partial charge in [0.15, 0.2) is 0 Å². The van der Waals surface area contributed by atoms with Crippen molar-refractivity contribution < 1.29 is 14.3 Å². The number of ether oxygens (including phenoxy) is 1. The number of nitrogens with zero attached hydrogens (tertiary/aromatic N) is 1. The van der Waals surface area contributed by atoms with Gasteiger partial charge in [-0.2, -0.15) is 0 Å². The van der Waals surface area contributed by atoms with Crippen molar-refractivity contribution in [3.8, 4) is 0 Å². The molecule has 23 heavy (non-hydrogen) atoms. The van der Waals surface area contributed by atoms with E-state index in [9.17, 15) is 9.59 Å². The van der Waals surface area contributed by atoms with E-state index in [4.69, 9.17) is 28.6 Å². The van der Waals surface area contributed by atoms with E-state index in [1.165, 1.54) is 16.7 Å². The van der Waals surface area contributed by atoms with Crippen LogP contribution < -0.4 is 0 Å². The first kappa shape index (κ1) is 18.0. The van der Waals surface area contributed by atoms with Crippen molar-refractivity contribution in [2.45, 2.75) is 13.8 Å². The van der Waals surface area contributed by atoms with Crippen molar-refractivity contribution >= 4 is 57.9 Å². The fourth-order valence-corrected chi connectivity index (χ4v) is 3.27. The van der Waals surface area contributed by atoms with Gasteiger partial charge in [0.05, 0.1) is 11.5 Å². The molecule has 1 saturated heterocycles. The SMILES string of the molecule is CC(C)COC(=O)CN1C(=O)/C(=C/c2cccc(Cl)c2)SC1=S. The molecule has 4 nitrogen and oxygen atoms in total. The monoisotopic (exact) mass is 369 g/mol. The average Bonchev–Trinajstić information content (AvgIpc) is 2.73. The van der Waals surface area contributed by atoms with Crippen LogP contribution in [0, 0.1) is 5.92 Å². The molecular weight excluding hydrogens is 354 g/mol. The van der Waals surface area contributed by atoms with Gasteiger partial charge in [0.1, 0.15) is 10.9 Å². The number of carbonyl (C=O) groups excluding carboxylic acids is 2. The van der Waals surface area contributed by atoms with Crippen LogP contribution in [0.4, 0.5) is 0 Å². The molecule has 0 atom stereocenters. The number of amides is 1. The van der Waals surface area contributed by atoms with Gasteiger partial charge < -0.3 is 4.74 Å². The molecule has 1 aliphatic heterocycles. The zero-order valence-electron chi connectivity index (χ0n) is 12.7. The summed E-state index contributed by atoms with van der Waals surface area (Å²) >= 11 is 12.3. The maximum absolute atomic E-state index is 12.4. The van der Waals surface area contributed by atoms with Gasteiger partial charge in [-0.1, -0.05) is 61.6 Å². The normalized spacial score (nSPS) is 16.5. The number of hydrogen-bond donors (Lipinski definition) is 0. The number of rotatable bonds is 5. The van der Waals surface area contributed by atoms with Gasteiger partial charge in [0, 0.05) is 5.02 Å². The van der Waals surface area contributed by atoms with Gasteiger partial charge in [0.25, 0.3) is 5.91 Å². The average molecular weight is 370 g/mol. The predicted octanol–water partition coefficient (Wildman–Crippen LogP) is 3.74. The Hall–Kier alpha value is -1.37. The molecule has 1 aromatic rings. The Labute approximate surface area is 149 Å². The number of thiocarbonyl (C=S) groups is 1. The maximum atomic E-state index is 12.4. The standard InChI is InChI=1S/C16H16ClNO3S2/c1-10(2)9-21-14(19)8-18-15(20)13(23-16(18)22)7-11-4-3-5-12(17)6-11/h3-7,10H,8-9H2,1-2H3/b13-7-. The second-order valence-electron chi connectivity index (χ2n) is 5.40. The molecule has 1 heterocycles. The molecular formula is C16H16ClNO3S2. The van der Waals surface area contributed by atoms with Crippen molar-refractivity contribution in [2.24, 2.45) is 5.92 Å². The Bertz CT molecular complexity index is 673. The van der Waals surface area contributed by atoms with Crippen molar-refractivity contribution in [1.29, 1.82) is 0 Å². The van der Waals surface area contributed by atoms with E-state index in [2.05, 4.69) is 0 Å². The van der Waals surface area contributed by atoms with Crippen LogP contribution in [0.15, 0.2) is 29.2 Å². The Balaban J connectivity index is 2.06. The lowest BCUT2D eigenvalue weighted by molar-refractivity contribution is -0.147. The molecule has 1 amide bonds. The van der Waals surface area contributed by atoms with E-state index >= 15 is 0 Å². The van der Waals surface area contributed by atoms with Crippen LogP contribution >= 0.6 is 35.6 Å². The van der Waals surface area contributed by atoms with E-state index in [1.54, 1.807) is 24.3 Å². The molecule has 0 bridgehead atoms. The van der Waals surface area contributed by atoms with Crippen LogP contribution in [0.3, 0.4) is 0 Å². The second-order valence-corrected chi connectivity index (χ2v) is 7.51. The largest absolute Gasteiger partial charge is 0.464 e. The number of esters is 1. The number of halogens is 1. The first-order valence-corrected chi connectivity index (χ1v) is 8.63. The third-order valence-corrected chi connectivity index (χ3v) is 4.50. The predicted molar refractivity (Wildman–Crippen MR) is 97.1 cm³/mol. The smallest absolute Gasteiger partial charge is 0.326 e. The molecule has 0 aliphatic carbocycles. The molecule has 122 valence electrons. The first-order valence-electron chi connectivity index (χ1n) is 7.03. The summed E-state index contributed by atoms with van der Waals surface area (Å²) in [5, 5.41) is 0.589. The lowest BCUT2D eigenvalue weighted by atomic mass is 10.2. The molecule has 0 spiro atoms. The topological polar surface area (TPSA) is 46.6 Å². The highest BCUT2D eigenvalue weighted by Crippen LogP contribution is 2.32. The van der Waals surface area contributed by atoms with E-state index in [0.717, 1.165) is 5.56 Å². The third kappa shape index (κ3) is 5.06. The lowest BCUT2D eigenvalue weighted by Gasteiger charge is -2.14. The highest BCUT2D eigenvalue weighted by Gasteiger charge is 2.33. The van der Waals surface area contributed by atoms with Crippen molar-refractivity contribution in [2.75, 3.05) is 13.2 Å². The van der Waals surface area contributed by atoms with Crippen molar-refractivity contribution in [3.63, 3.8) is 0 Å². The van der Waals surface area contributed by atoms with Crippen LogP contribution in [0.1, 0.15) is 19.4 Å². The van der Waals surface area contributed by atoms with E-state index in [1.807, 2.05) is 19.9 Å². The molecule has 0 saturated carbocycles. The Morgan fingerprint density at radius 1 is 1.48 bits per heavy atom. The minimum Gasteiger partial charge on any atom is -0.464 e. The summed E-state index contributed by atoms with van der Waals surface area (Å²) in [6, 6.07) is 7.16. The summed E-state index contributed by atoms with van der Waals surface area (Å²) in [7, 11) is 0. The van der Waals surface area contributed by atoms with E-state index in [-0.39, 0.29) is 18.4 Å². The zero-order valence-corrected chi connectivity index (χ0v) is 15.1. The summed E-state index contributed by atoms with van der Waals surface area (Å²) in [6.07, 6.45) is 1.71. The number of thioether (sulfide) groups is 1. The summed E-state index contributed by atoms with van der Waals surface area (Å²) in [5.41, 5.74) is 0.806. The summed E-state index contributed by atoms with van der Waals surface area (Å²) in [5.74, 6) is -0.506. The van der Waals surface area contributed by atoms with Gasteiger partial charge in [-0.3, -0.25) is 14.5 Å². The molecule has 0 unspecified atom stereocenters. The molecule has 0 N–H and O–H groups in total. The molecule has 0 aromatic heterocycles. The van der Waals surface area contributed by atoms with Crippen LogP contribution in [0.25, 0.3) is 6.08 Å². The van der Waals surface area contributed by atoms with Crippen LogP contribution in [0.2, 0.25) is 5.02 Å². The fourth-order valence-electron chi connectivity index (χ4n) is 1.82. The molecule has 7 heteroatoms. The maximum Gasteiger partial charge on any atom is 0.326 e. The van der Waals surface area contributed by atoms with E-state index in [0.29, 0.717) is 20.9 Å². The van der Waals surface area contributed by atoms with Crippen molar-refractivity contribution in [3.05, 3.63) is 39.8 Å². The minimum absolute atomic E-state index is 0.162. The van der Waals surface area contributed by atoms with Crippen molar-refractivity contribution in [1.82, 2.24) is 4.90 Å². The number of hydrogen-bond acceptors (Lipinski definition) is 5. The lowest BCUT2D eigenvalue weighted by Crippen LogP contribution is -2.34. The molecule has 1 aliphatic rings. The number of carbonyl (C=O) groups is 2. The number of benzene rings is 1. The summed E-state index contributed by atoms with van der Waals surface area (Å²) in [4.78, 5) is 25.9. The molecule has 1 aromatic carbocycles. The Morgan fingerprint density at radius 2 is 2.22 bits per heavy atom. The quantitative estimate of drug-likeness (QED) is 0.449. The van der Waals surface area contributed by atoms with Crippen LogP contribution in [-0.2, 0) is 14.3 Å². The Morgan fingerprint density at radius 3 is 2.87 bits per heavy atom. The molecule has 0 radical (unpaired) electrons. The second kappa shape index (κ2) is 7.95. The van der Waals surface area contributed by atoms with Crippen LogP contribution in [-0.4, -0.2) is 34.2 Å². The highest BCUT2D eigenvalue weighted by molar-refractivity contribution is 8.26. The van der Waals surface area contributed by atoms with E-state index < -0.39 is 5.97 Å². The first-order chi connectivity index (χ1) is 10.9. The Kier molecular flexibility index (Phi) is 6.21. The zero-order chi connectivity index (χ0) is 17.0. The van der Waals surface area contributed by atoms with Crippen LogP contribution in [0.5, 0.6) is 0 Å². The summed E-state index contributed by atoms with van der Waals surface area (Å²) < 4.78 is 5.44. The minimum atomic E-state index is -0.459. The fraction of sp³-hybridized carbons (Fsp3) is 0.312. The van der Waals surface area contributed by atoms with Gasteiger partial charge in [-0.15, -0.1) is 0 Å². The van der Waals surface area contributed by atoms with Gasteiger partial charge >= 0.3 is 5.97 Å². The van der Waals surface area contributed by atoms with Gasteiger partial charge in [-0.25, -0.2) is 0 Å². The summed E-state index contributed by atoms with van der Waals surface area (Å²) in [6.45, 7) is 4.05. The molecule has 2 rings (SSSR count). The third-order valence-electron chi connectivity index (χ3n) is 2.88. The molecule has 1 fully saturated rings. The van der Waals surface area contributed by atoms with Gasteiger partial charge in [-0.05, 0) is 29.7 Å². The highest BCUT2D eigenvalue weighted by atomic mass is 35.5.